The van der Waals surface area contributed by atoms with Gasteiger partial charge in [0.25, 0.3) is 0 Å². The highest BCUT2D eigenvalue weighted by Crippen LogP contribution is 2.28. The third-order valence-corrected chi connectivity index (χ3v) is 3.21. The second kappa shape index (κ2) is 5.48. The van der Waals surface area contributed by atoms with E-state index in [2.05, 4.69) is 28.8 Å². The van der Waals surface area contributed by atoms with E-state index in [1.807, 2.05) is 4.68 Å². The van der Waals surface area contributed by atoms with Gasteiger partial charge >= 0.3 is 0 Å². The molecule has 0 spiro atoms. The maximum Gasteiger partial charge on any atom is 0.141 e. The Morgan fingerprint density at radius 1 is 1.61 bits per heavy atom. The quantitative estimate of drug-likeness (QED) is 0.561. The van der Waals surface area contributed by atoms with Crippen LogP contribution in [0.15, 0.2) is 6.33 Å². The molecule has 0 aliphatic heterocycles. The molecule has 0 radical (unpaired) electrons. The van der Waals surface area contributed by atoms with Crippen LogP contribution in [0.25, 0.3) is 0 Å². The van der Waals surface area contributed by atoms with Gasteiger partial charge in [-0.3, -0.25) is 10.3 Å². The normalized spacial score (nSPS) is 15.6. The van der Waals surface area contributed by atoms with E-state index >= 15 is 0 Å². The topological polar surface area (TPSA) is 83.8 Å². The van der Waals surface area contributed by atoms with E-state index in [1.165, 1.54) is 12.8 Å². The van der Waals surface area contributed by atoms with E-state index in [9.17, 15) is 0 Å². The fourth-order valence-electron chi connectivity index (χ4n) is 2.09. The standard InChI is InChI=1S/C12H22N6/c1-9(2)18-12(15-8-16-18)7-17(10-3-4-10)6-5-11(13)14/h8-10H,3-7H2,1-2H3,(H3,13,14). The van der Waals surface area contributed by atoms with E-state index in [4.69, 9.17) is 11.1 Å². The van der Waals surface area contributed by atoms with Crippen LogP contribution in [0.4, 0.5) is 0 Å². The number of rotatable bonds is 7. The van der Waals surface area contributed by atoms with Crippen molar-refractivity contribution in [3.05, 3.63) is 12.2 Å². The number of amidine groups is 1. The third-order valence-electron chi connectivity index (χ3n) is 3.21. The number of nitrogens with one attached hydrogen (secondary N) is 1. The predicted octanol–water partition coefficient (Wildman–Crippen LogP) is 1.15. The largest absolute Gasteiger partial charge is 0.388 e. The highest BCUT2D eigenvalue weighted by atomic mass is 15.4. The molecule has 6 heteroatoms. The molecule has 3 N–H and O–H groups in total. The lowest BCUT2D eigenvalue weighted by atomic mass is 10.3. The van der Waals surface area contributed by atoms with Crippen molar-refractivity contribution in [1.29, 1.82) is 5.41 Å². The highest BCUT2D eigenvalue weighted by molar-refractivity contribution is 5.76. The van der Waals surface area contributed by atoms with Gasteiger partial charge in [-0.2, -0.15) is 5.10 Å². The molecule has 1 heterocycles. The molecule has 1 aromatic heterocycles. The fourth-order valence-corrected chi connectivity index (χ4v) is 2.09. The first-order chi connectivity index (χ1) is 8.58. The third kappa shape index (κ3) is 3.29. The molecule has 2 rings (SSSR count). The molecule has 1 aliphatic carbocycles. The van der Waals surface area contributed by atoms with Crippen LogP contribution >= 0.6 is 0 Å². The zero-order chi connectivity index (χ0) is 13.1. The summed E-state index contributed by atoms with van der Waals surface area (Å²) >= 11 is 0. The maximum absolute atomic E-state index is 7.33. The number of hydrogen-bond donors (Lipinski definition) is 2. The summed E-state index contributed by atoms with van der Waals surface area (Å²) in [7, 11) is 0. The van der Waals surface area contributed by atoms with Gasteiger partial charge in [0.15, 0.2) is 0 Å². The van der Waals surface area contributed by atoms with Crippen LogP contribution in [0.2, 0.25) is 0 Å². The second-order valence-corrected chi connectivity index (χ2v) is 5.19. The van der Waals surface area contributed by atoms with Crippen LogP contribution in [0.1, 0.15) is 45.0 Å². The Labute approximate surface area is 108 Å². The Hall–Kier alpha value is -1.43. The predicted molar refractivity (Wildman–Crippen MR) is 70.4 cm³/mol. The molecular formula is C12H22N6. The highest BCUT2D eigenvalue weighted by Gasteiger charge is 2.29. The van der Waals surface area contributed by atoms with Gasteiger partial charge in [-0.1, -0.05) is 0 Å². The summed E-state index contributed by atoms with van der Waals surface area (Å²) in [5.41, 5.74) is 5.44. The zero-order valence-electron chi connectivity index (χ0n) is 11.1. The van der Waals surface area contributed by atoms with Gasteiger partial charge in [0.05, 0.1) is 12.4 Å². The molecule has 0 amide bonds. The lowest BCUT2D eigenvalue weighted by molar-refractivity contribution is 0.248. The lowest BCUT2D eigenvalue weighted by Gasteiger charge is -2.22. The van der Waals surface area contributed by atoms with Crippen molar-refractivity contribution in [1.82, 2.24) is 19.7 Å². The van der Waals surface area contributed by atoms with Crippen LogP contribution < -0.4 is 5.73 Å². The van der Waals surface area contributed by atoms with Crippen LogP contribution in [0.5, 0.6) is 0 Å². The summed E-state index contributed by atoms with van der Waals surface area (Å²) < 4.78 is 1.96. The first-order valence-corrected chi connectivity index (χ1v) is 6.53. The summed E-state index contributed by atoms with van der Waals surface area (Å²) in [5.74, 6) is 1.26. The molecular weight excluding hydrogens is 228 g/mol. The van der Waals surface area contributed by atoms with E-state index in [1.54, 1.807) is 6.33 Å². The molecule has 18 heavy (non-hydrogen) atoms. The van der Waals surface area contributed by atoms with Crippen molar-refractivity contribution >= 4 is 5.84 Å². The van der Waals surface area contributed by atoms with Crippen molar-refractivity contribution in [3.8, 4) is 0 Å². The summed E-state index contributed by atoms with van der Waals surface area (Å²) in [6.07, 6.45) is 4.74. The van der Waals surface area contributed by atoms with E-state index in [-0.39, 0.29) is 5.84 Å². The number of nitrogens with zero attached hydrogens (tertiary/aromatic N) is 4. The van der Waals surface area contributed by atoms with Gasteiger partial charge in [-0.25, -0.2) is 9.67 Å². The lowest BCUT2D eigenvalue weighted by Crippen LogP contribution is -2.31. The van der Waals surface area contributed by atoms with Gasteiger partial charge in [-0.05, 0) is 26.7 Å². The first-order valence-electron chi connectivity index (χ1n) is 6.53. The Balaban J connectivity index is 1.99. The Kier molecular flexibility index (Phi) is 3.96. The van der Waals surface area contributed by atoms with Crippen LogP contribution in [-0.2, 0) is 6.54 Å². The monoisotopic (exact) mass is 250 g/mol. The van der Waals surface area contributed by atoms with Crippen LogP contribution in [-0.4, -0.2) is 38.1 Å². The van der Waals surface area contributed by atoms with Crippen molar-refractivity contribution in [2.45, 2.75) is 51.7 Å². The summed E-state index contributed by atoms with van der Waals surface area (Å²) in [4.78, 5) is 6.71. The molecule has 1 saturated carbocycles. The van der Waals surface area contributed by atoms with E-state index in [0.29, 0.717) is 18.5 Å². The van der Waals surface area contributed by atoms with Gasteiger partial charge in [0, 0.05) is 25.0 Å². The van der Waals surface area contributed by atoms with Crippen molar-refractivity contribution in [2.24, 2.45) is 5.73 Å². The number of hydrogen-bond acceptors (Lipinski definition) is 4. The van der Waals surface area contributed by atoms with Crippen molar-refractivity contribution in [2.75, 3.05) is 6.54 Å². The second-order valence-electron chi connectivity index (χ2n) is 5.19. The average molecular weight is 250 g/mol. The van der Waals surface area contributed by atoms with E-state index < -0.39 is 0 Å². The first kappa shape index (κ1) is 13.0. The summed E-state index contributed by atoms with van der Waals surface area (Å²) in [6, 6.07) is 0.970. The minimum Gasteiger partial charge on any atom is -0.388 e. The van der Waals surface area contributed by atoms with Gasteiger partial charge in [0.2, 0.25) is 0 Å². The molecule has 1 fully saturated rings. The van der Waals surface area contributed by atoms with Crippen molar-refractivity contribution < 1.29 is 0 Å². The molecule has 1 aromatic rings. The smallest absolute Gasteiger partial charge is 0.141 e. The Morgan fingerprint density at radius 2 is 2.33 bits per heavy atom. The minimum absolute atomic E-state index is 0.256. The van der Waals surface area contributed by atoms with Gasteiger partial charge in [-0.15, -0.1) is 0 Å². The molecule has 0 bridgehead atoms. The maximum atomic E-state index is 7.33. The number of aromatic nitrogens is 3. The van der Waals surface area contributed by atoms with Crippen molar-refractivity contribution in [3.63, 3.8) is 0 Å². The summed E-state index contributed by atoms with van der Waals surface area (Å²) in [6.45, 7) is 5.85. The molecule has 1 aliphatic rings. The van der Waals surface area contributed by atoms with Crippen LogP contribution in [0.3, 0.4) is 0 Å². The minimum atomic E-state index is 0.256. The molecule has 0 unspecified atom stereocenters. The molecule has 0 saturated heterocycles. The number of nitrogens with two attached hydrogens (primary N) is 1. The van der Waals surface area contributed by atoms with E-state index in [0.717, 1.165) is 18.9 Å². The van der Waals surface area contributed by atoms with Gasteiger partial charge in [0.1, 0.15) is 12.2 Å². The Morgan fingerprint density at radius 3 is 2.89 bits per heavy atom. The molecule has 6 nitrogen and oxygen atoms in total. The molecule has 0 aromatic carbocycles. The summed E-state index contributed by atoms with van der Waals surface area (Å²) in [5, 5.41) is 11.6. The fraction of sp³-hybridized carbons (Fsp3) is 0.750. The zero-order valence-corrected chi connectivity index (χ0v) is 11.1. The average Bonchev–Trinajstić information content (AvgIpc) is 3.03. The van der Waals surface area contributed by atoms with Gasteiger partial charge < -0.3 is 5.73 Å². The SMILES string of the molecule is CC(C)n1ncnc1CN(CCC(=N)N)C1CC1. The molecule has 100 valence electrons. The van der Waals surface area contributed by atoms with Crippen LogP contribution in [0, 0.1) is 5.41 Å². The Bertz CT molecular complexity index is 406. The molecule has 0 atom stereocenters.